The molecule has 0 aliphatic carbocycles. The average molecular weight is 190 g/mol. The van der Waals surface area contributed by atoms with Crippen LogP contribution in [-0.2, 0) is 0 Å². The molecule has 4 nitrogen and oxygen atoms in total. The van der Waals surface area contributed by atoms with E-state index in [1.54, 1.807) is 13.8 Å². The minimum Gasteiger partial charge on any atom is -0.288 e. The third-order valence-corrected chi connectivity index (χ3v) is 2.55. The summed E-state index contributed by atoms with van der Waals surface area (Å²) in [5.74, 6) is -0.644. The molecule has 72 valence electrons. The lowest BCUT2D eigenvalue weighted by Crippen LogP contribution is -2.20. The quantitative estimate of drug-likeness (QED) is 0.618. The van der Waals surface area contributed by atoms with Gasteiger partial charge in [-0.05, 0) is 26.3 Å². The van der Waals surface area contributed by atoms with E-state index in [0.29, 0.717) is 16.8 Å². The number of aryl methyl sites for hydroxylation is 2. The van der Waals surface area contributed by atoms with Gasteiger partial charge in [-0.25, -0.2) is 0 Å². The van der Waals surface area contributed by atoms with Crippen molar-refractivity contribution in [3.63, 3.8) is 0 Å². The van der Waals surface area contributed by atoms with Crippen LogP contribution in [0.1, 0.15) is 37.7 Å². The van der Waals surface area contributed by atoms with Crippen LogP contribution in [0.2, 0.25) is 0 Å². The first kappa shape index (κ1) is 8.87. The molecule has 0 unspecified atom stereocenters. The first-order valence-electron chi connectivity index (χ1n) is 4.36. The predicted molar refractivity (Wildman–Crippen MR) is 50.2 cm³/mol. The van der Waals surface area contributed by atoms with E-state index in [1.165, 1.54) is 0 Å². The Balaban J connectivity index is 2.86. The van der Waals surface area contributed by atoms with Crippen LogP contribution >= 0.6 is 0 Å². The maximum atomic E-state index is 11.4. The summed E-state index contributed by atoms with van der Waals surface area (Å²) in [6, 6.07) is 0. The molecule has 2 amide bonds. The first-order chi connectivity index (χ1) is 6.52. The van der Waals surface area contributed by atoms with Gasteiger partial charge in [-0.3, -0.25) is 19.9 Å². The fourth-order valence-electron chi connectivity index (χ4n) is 1.73. The summed E-state index contributed by atoms with van der Waals surface area (Å²) in [5, 5.41) is 2.27. The van der Waals surface area contributed by atoms with Crippen LogP contribution < -0.4 is 5.32 Å². The summed E-state index contributed by atoms with van der Waals surface area (Å²) < 4.78 is 0. The fourth-order valence-corrected chi connectivity index (χ4v) is 1.73. The minimum atomic E-state index is -0.335. The van der Waals surface area contributed by atoms with Gasteiger partial charge >= 0.3 is 0 Å². The molecule has 0 atom stereocenters. The van der Waals surface area contributed by atoms with Gasteiger partial charge in [0.25, 0.3) is 11.8 Å². The van der Waals surface area contributed by atoms with E-state index in [4.69, 9.17) is 0 Å². The van der Waals surface area contributed by atoms with Crippen molar-refractivity contribution in [2.45, 2.75) is 20.8 Å². The van der Waals surface area contributed by atoms with Gasteiger partial charge in [-0.1, -0.05) is 0 Å². The van der Waals surface area contributed by atoms with Crippen molar-refractivity contribution in [2.75, 3.05) is 0 Å². The lowest BCUT2D eigenvalue weighted by molar-refractivity contribution is 0.0879. The molecular formula is C10H10N2O2. The van der Waals surface area contributed by atoms with Crippen LogP contribution in [0.4, 0.5) is 0 Å². The fraction of sp³-hybridized carbons (Fsp3) is 0.300. The Morgan fingerprint density at radius 2 is 1.50 bits per heavy atom. The first-order valence-corrected chi connectivity index (χ1v) is 4.36. The molecule has 1 N–H and O–H groups in total. The normalized spacial score (nSPS) is 14.2. The highest BCUT2D eigenvalue weighted by molar-refractivity contribution is 6.22. The highest BCUT2D eigenvalue weighted by atomic mass is 16.2. The lowest BCUT2D eigenvalue weighted by atomic mass is 10.0. The van der Waals surface area contributed by atoms with Gasteiger partial charge < -0.3 is 0 Å². The van der Waals surface area contributed by atoms with Gasteiger partial charge in [0.15, 0.2) is 0 Å². The van der Waals surface area contributed by atoms with E-state index in [2.05, 4.69) is 10.3 Å². The third kappa shape index (κ3) is 0.968. The van der Waals surface area contributed by atoms with Crippen molar-refractivity contribution in [1.82, 2.24) is 10.3 Å². The molecule has 14 heavy (non-hydrogen) atoms. The Morgan fingerprint density at radius 1 is 0.929 bits per heavy atom. The molecule has 1 aliphatic heterocycles. The van der Waals surface area contributed by atoms with E-state index in [1.807, 2.05) is 6.92 Å². The van der Waals surface area contributed by atoms with Crippen molar-refractivity contribution < 1.29 is 9.59 Å². The molecule has 0 bridgehead atoms. The molecule has 0 saturated heterocycles. The second kappa shape index (κ2) is 2.64. The van der Waals surface area contributed by atoms with Crippen LogP contribution in [0.3, 0.4) is 0 Å². The van der Waals surface area contributed by atoms with Gasteiger partial charge in [0.2, 0.25) is 0 Å². The number of imide groups is 1. The lowest BCUT2D eigenvalue weighted by Gasteiger charge is -2.05. The van der Waals surface area contributed by atoms with Crippen molar-refractivity contribution >= 4 is 11.8 Å². The second-order valence-electron chi connectivity index (χ2n) is 3.44. The molecule has 0 radical (unpaired) electrons. The maximum Gasteiger partial charge on any atom is 0.260 e. The summed E-state index contributed by atoms with van der Waals surface area (Å²) in [4.78, 5) is 27.0. The third-order valence-electron chi connectivity index (χ3n) is 2.55. The van der Waals surface area contributed by atoms with E-state index in [9.17, 15) is 9.59 Å². The van der Waals surface area contributed by atoms with E-state index in [-0.39, 0.29) is 11.8 Å². The Labute approximate surface area is 81.3 Å². The number of carbonyl (C=O) groups is 2. The van der Waals surface area contributed by atoms with Crippen molar-refractivity contribution in [2.24, 2.45) is 0 Å². The number of carbonyl (C=O) groups excluding carboxylic acids is 2. The van der Waals surface area contributed by atoms with E-state index < -0.39 is 0 Å². The SMILES string of the molecule is Cc1nc(C)c2c(c1C)C(=O)NC2=O. The molecule has 0 fully saturated rings. The standard InChI is InChI=1S/C10H10N2O2/c1-4-5(2)11-6(3)8-7(4)9(13)12-10(8)14/h1-3H3,(H,12,13,14). The summed E-state index contributed by atoms with van der Waals surface area (Å²) in [6.07, 6.45) is 0. The summed E-state index contributed by atoms with van der Waals surface area (Å²) in [6.45, 7) is 5.38. The maximum absolute atomic E-state index is 11.4. The second-order valence-corrected chi connectivity index (χ2v) is 3.44. The number of pyridine rings is 1. The Kier molecular flexibility index (Phi) is 1.67. The number of nitrogens with zero attached hydrogens (tertiary/aromatic N) is 1. The molecule has 1 aliphatic rings. The molecular weight excluding hydrogens is 180 g/mol. The number of fused-ring (bicyclic) bond motifs is 1. The number of amides is 2. The van der Waals surface area contributed by atoms with Gasteiger partial charge in [0, 0.05) is 5.69 Å². The number of hydrogen-bond acceptors (Lipinski definition) is 3. The van der Waals surface area contributed by atoms with E-state index >= 15 is 0 Å². The zero-order chi connectivity index (χ0) is 10.5. The van der Waals surface area contributed by atoms with Gasteiger partial charge in [-0.2, -0.15) is 0 Å². The van der Waals surface area contributed by atoms with Crippen LogP contribution in [-0.4, -0.2) is 16.8 Å². The summed E-state index contributed by atoms with van der Waals surface area (Å²) in [5.41, 5.74) is 3.12. The molecule has 2 rings (SSSR count). The number of nitrogens with one attached hydrogen (secondary N) is 1. The Morgan fingerprint density at radius 3 is 2.14 bits per heavy atom. The van der Waals surface area contributed by atoms with Crippen LogP contribution in [0.25, 0.3) is 0 Å². The van der Waals surface area contributed by atoms with Crippen LogP contribution in [0.15, 0.2) is 0 Å². The monoisotopic (exact) mass is 190 g/mol. The number of rotatable bonds is 0. The number of aromatic nitrogens is 1. The zero-order valence-corrected chi connectivity index (χ0v) is 8.26. The highest BCUT2D eigenvalue weighted by Crippen LogP contribution is 2.23. The summed E-state index contributed by atoms with van der Waals surface area (Å²) >= 11 is 0. The molecule has 4 heteroatoms. The van der Waals surface area contributed by atoms with Gasteiger partial charge in [-0.15, -0.1) is 0 Å². The predicted octanol–water partition coefficient (Wildman–Crippen LogP) is 0.890. The molecule has 1 aromatic heterocycles. The Bertz CT molecular complexity index is 464. The van der Waals surface area contributed by atoms with Crippen molar-refractivity contribution in [3.05, 3.63) is 28.1 Å². The smallest absolute Gasteiger partial charge is 0.260 e. The zero-order valence-electron chi connectivity index (χ0n) is 8.26. The van der Waals surface area contributed by atoms with E-state index in [0.717, 1.165) is 11.3 Å². The van der Waals surface area contributed by atoms with Gasteiger partial charge in [0.05, 0.1) is 16.8 Å². The average Bonchev–Trinajstić information content (AvgIpc) is 2.38. The van der Waals surface area contributed by atoms with Crippen LogP contribution in [0, 0.1) is 20.8 Å². The molecule has 1 aromatic rings. The topological polar surface area (TPSA) is 59.1 Å². The minimum absolute atomic E-state index is 0.309. The Hall–Kier alpha value is -1.71. The highest BCUT2D eigenvalue weighted by Gasteiger charge is 2.31. The van der Waals surface area contributed by atoms with Gasteiger partial charge in [0.1, 0.15) is 0 Å². The van der Waals surface area contributed by atoms with Crippen molar-refractivity contribution in [1.29, 1.82) is 0 Å². The largest absolute Gasteiger partial charge is 0.288 e. The molecule has 0 aromatic carbocycles. The summed E-state index contributed by atoms with van der Waals surface area (Å²) in [7, 11) is 0. The molecule has 2 heterocycles. The molecule has 0 saturated carbocycles. The molecule has 0 spiro atoms. The van der Waals surface area contributed by atoms with Crippen molar-refractivity contribution in [3.8, 4) is 0 Å². The van der Waals surface area contributed by atoms with Crippen LogP contribution in [0.5, 0.6) is 0 Å². The number of hydrogen-bond donors (Lipinski definition) is 1.